The van der Waals surface area contributed by atoms with Crippen LogP contribution in [-0.4, -0.2) is 32.9 Å². The van der Waals surface area contributed by atoms with Gasteiger partial charge in [0.15, 0.2) is 5.82 Å². The largest absolute Gasteiger partial charge is 0.376 e. The Labute approximate surface area is 152 Å². The second kappa shape index (κ2) is 6.77. The lowest BCUT2D eigenvalue weighted by Crippen LogP contribution is -2.39. The van der Waals surface area contributed by atoms with Crippen molar-refractivity contribution in [3.63, 3.8) is 0 Å². The first kappa shape index (κ1) is 17.9. The molecular formula is C18H23ClN4O2. The minimum Gasteiger partial charge on any atom is -0.376 e. The lowest BCUT2D eigenvalue weighted by atomic mass is 9.88. The molecule has 3 heterocycles. The zero-order chi connectivity index (χ0) is 18.2. The van der Waals surface area contributed by atoms with Gasteiger partial charge < -0.3 is 10.1 Å². The van der Waals surface area contributed by atoms with Crippen LogP contribution in [0.15, 0.2) is 18.3 Å². The molecule has 2 aromatic heterocycles. The molecule has 1 saturated heterocycles. The molecule has 7 heteroatoms. The highest BCUT2D eigenvalue weighted by Gasteiger charge is 2.32. The van der Waals surface area contributed by atoms with E-state index in [1.807, 2.05) is 39.8 Å². The van der Waals surface area contributed by atoms with Gasteiger partial charge in [0.05, 0.1) is 33.9 Å². The number of halogens is 1. The Morgan fingerprint density at radius 1 is 1.40 bits per heavy atom. The first-order valence-corrected chi connectivity index (χ1v) is 8.77. The van der Waals surface area contributed by atoms with Crippen molar-refractivity contribution in [3.8, 4) is 5.82 Å². The number of aromatic nitrogens is 3. The molecule has 0 aliphatic carbocycles. The topological polar surface area (TPSA) is 69.0 Å². The van der Waals surface area contributed by atoms with Gasteiger partial charge >= 0.3 is 0 Å². The van der Waals surface area contributed by atoms with Crippen molar-refractivity contribution in [2.45, 2.75) is 46.1 Å². The number of aryl methyl sites for hydroxylation is 1. The molecule has 3 rings (SSSR count). The van der Waals surface area contributed by atoms with E-state index in [0.717, 1.165) is 17.8 Å². The van der Waals surface area contributed by atoms with Gasteiger partial charge in [0, 0.05) is 12.5 Å². The van der Waals surface area contributed by atoms with Crippen LogP contribution >= 0.6 is 11.6 Å². The van der Waals surface area contributed by atoms with Crippen molar-refractivity contribution in [1.29, 1.82) is 0 Å². The highest BCUT2D eigenvalue weighted by Crippen LogP contribution is 2.29. The van der Waals surface area contributed by atoms with Gasteiger partial charge in [-0.2, -0.15) is 5.10 Å². The minimum absolute atomic E-state index is 0.0140. The van der Waals surface area contributed by atoms with Crippen LogP contribution in [0.25, 0.3) is 5.82 Å². The number of ether oxygens (including phenoxy) is 1. The van der Waals surface area contributed by atoms with Gasteiger partial charge in [-0.05, 0) is 52.7 Å². The van der Waals surface area contributed by atoms with Gasteiger partial charge in [0.1, 0.15) is 0 Å². The van der Waals surface area contributed by atoms with Gasteiger partial charge in [-0.3, -0.25) is 4.79 Å². The average Bonchev–Trinajstić information content (AvgIpc) is 2.82. The Hall–Kier alpha value is -1.92. The van der Waals surface area contributed by atoms with Crippen molar-refractivity contribution in [2.24, 2.45) is 5.92 Å². The van der Waals surface area contributed by atoms with Crippen LogP contribution in [0, 0.1) is 19.8 Å². The van der Waals surface area contributed by atoms with Crippen molar-refractivity contribution < 1.29 is 9.53 Å². The lowest BCUT2D eigenvalue weighted by Gasteiger charge is -2.34. The maximum Gasteiger partial charge on any atom is 0.227 e. The van der Waals surface area contributed by atoms with Gasteiger partial charge in [-0.1, -0.05) is 11.6 Å². The van der Waals surface area contributed by atoms with E-state index in [9.17, 15) is 4.79 Å². The van der Waals surface area contributed by atoms with Crippen LogP contribution in [-0.2, 0) is 9.53 Å². The number of pyridine rings is 1. The van der Waals surface area contributed by atoms with E-state index >= 15 is 0 Å². The standard InChI is InChI=1S/C18H23ClN4O2/c1-11-16(19)12(2)23(22-11)15-6-5-14(10-20-15)21-17(24)13-7-8-25-18(3,4)9-13/h5-6,10,13H,7-9H2,1-4H3,(H,21,24)/t13-/m0/s1. The molecule has 0 aromatic carbocycles. The lowest BCUT2D eigenvalue weighted by molar-refractivity contribution is -0.130. The summed E-state index contributed by atoms with van der Waals surface area (Å²) < 4.78 is 7.37. The molecule has 2 aromatic rings. The maximum absolute atomic E-state index is 12.5. The summed E-state index contributed by atoms with van der Waals surface area (Å²) in [6, 6.07) is 3.65. The fraction of sp³-hybridized carbons (Fsp3) is 0.500. The van der Waals surface area contributed by atoms with Crippen LogP contribution in [0.3, 0.4) is 0 Å². The Kier molecular flexibility index (Phi) is 4.84. The summed E-state index contributed by atoms with van der Waals surface area (Å²) in [6.07, 6.45) is 3.10. The number of anilines is 1. The molecule has 1 amide bonds. The third kappa shape index (κ3) is 3.85. The monoisotopic (exact) mass is 362 g/mol. The third-order valence-electron chi connectivity index (χ3n) is 4.50. The van der Waals surface area contributed by atoms with Crippen molar-refractivity contribution in [3.05, 3.63) is 34.7 Å². The van der Waals surface area contributed by atoms with E-state index in [1.165, 1.54) is 0 Å². The summed E-state index contributed by atoms with van der Waals surface area (Å²) in [5, 5.41) is 7.97. The number of hydrogen-bond donors (Lipinski definition) is 1. The average molecular weight is 363 g/mol. The summed E-state index contributed by atoms with van der Waals surface area (Å²) in [5.41, 5.74) is 2.02. The van der Waals surface area contributed by atoms with Gasteiger partial charge in [-0.15, -0.1) is 0 Å². The first-order valence-electron chi connectivity index (χ1n) is 8.40. The molecule has 0 unspecified atom stereocenters. The molecule has 134 valence electrons. The highest BCUT2D eigenvalue weighted by molar-refractivity contribution is 6.31. The summed E-state index contributed by atoms with van der Waals surface area (Å²) in [5.74, 6) is 0.635. The van der Waals surface area contributed by atoms with Crippen LogP contribution < -0.4 is 5.32 Å². The number of nitrogens with zero attached hydrogens (tertiary/aromatic N) is 3. The highest BCUT2D eigenvalue weighted by atomic mass is 35.5. The molecule has 1 aliphatic heterocycles. The fourth-order valence-electron chi connectivity index (χ4n) is 3.13. The second-order valence-electron chi connectivity index (χ2n) is 7.09. The van der Waals surface area contributed by atoms with E-state index in [4.69, 9.17) is 16.3 Å². The quantitative estimate of drug-likeness (QED) is 0.904. The Morgan fingerprint density at radius 2 is 2.16 bits per heavy atom. The molecular weight excluding hydrogens is 340 g/mol. The summed E-state index contributed by atoms with van der Waals surface area (Å²) in [4.78, 5) is 16.9. The van der Waals surface area contributed by atoms with E-state index in [1.54, 1.807) is 10.9 Å². The van der Waals surface area contributed by atoms with Crippen LogP contribution in [0.4, 0.5) is 5.69 Å². The van der Waals surface area contributed by atoms with Crippen molar-refractivity contribution in [1.82, 2.24) is 14.8 Å². The Morgan fingerprint density at radius 3 is 2.72 bits per heavy atom. The molecule has 1 fully saturated rings. The SMILES string of the molecule is Cc1nn(-c2ccc(NC(=O)[C@H]3CCOC(C)(C)C3)cn2)c(C)c1Cl. The fourth-order valence-corrected chi connectivity index (χ4v) is 3.25. The molecule has 0 radical (unpaired) electrons. The van der Waals surface area contributed by atoms with Crippen LogP contribution in [0.2, 0.25) is 5.02 Å². The smallest absolute Gasteiger partial charge is 0.227 e. The maximum atomic E-state index is 12.5. The molecule has 1 N–H and O–H groups in total. The van der Waals surface area contributed by atoms with Crippen molar-refractivity contribution >= 4 is 23.2 Å². The number of amides is 1. The van der Waals surface area contributed by atoms with Crippen molar-refractivity contribution in [2.75, 3.05) is 11.9 Å². The molecule has 25 heavy (non-hydrogen) atoms. The number of hydrogen-bond acceptors (Lipinski definition) is 4. The zero-order valence-corrected chi connectivity index (χ0v) is 15.7. The summed E-state index contributed by atoms with van der Waals surface area (Å²) in [6.45, 7) is 8.40. The molecule has 6 nitrogen and oxygen atoms in total. The second-order valence-corrected chi connectivity index (χ2v) is 7.47. The van der Waals surface area contributed by atoms with Gasteiger partial charge in [0.25, 0.3) is 0 Å². The Bertz CT molecular complexity index is 783. The zero-order valence-electron chi connectivity index (χ0n) is 15.0. The summed E-state index contributed by atoms with van der Waals surface area (Å²) >= 11 is 6.18. The van der Waals surface area contributed by atoms with E-state index in [-0.39, 0.29) is 17.4 Å². The van der Waals surface area contributed by atoms with Crippen LogP contribution in [0.1, 0.15) is 38.1 Å². The van der Waals surface area contributed by atoms with E-state index in [0.29, 0.717) is 29.6 Å². The molecule has 1 atom stereocenters. The number of carbonyl (C=O) groups is 1. The van der Waals surface area contributed by atoms with E-state index < -0.39 is 0 Å². The van der Waals surface area contributed by atoms with Crippen LogP contribution in [0.5, 0.6) is 0 Å². The molecule has 0 bridgehead atoms. The first-order chi connectivity index (χ1) is 11.8. The molecule has 0 saturated carbocycles. The van der Waals surface area contributed by atoms with Gasteiger partial charge in [0.2, 0.25) is 5.91 Å². The predicted octanol–water partition coefficient (Wildman–Crippen LogP) is 3.68. The Balaban J connectivity index is 1.70. The third-order valence-corrected chi connectivity index (χ3v) is 5.05. The molecule has 0 spiro atoms. The summed E-state index contributed by atoms with van der Waals surface area (Å²) in [7, 11) is 0. The number of carbonyl (C=O) groups excluding carboxylic acids is 1. The molecule has 1 aliphatic rings. The number of rotatable bonds is 3. The van der Waals surface area contributed by atoms with Gasteiger partial charge in [-0.25, -0.2) is 9.67 Å². The predicted molar refractivity (Wildman–Crippen MR) is 97.2 cm³/mol. The number of nitrogens with one attached hydrogen (secondary N) is 1. The minimum atomic E-state index is -0.253. The normalized spacial score (nSPS) is 19.6. The van der Waals surface area contributed by atoms with E-state index in [2.05, 4.69) is 15.4 Å².